The SMILES string of the molecule is c1ccc(-c2cc(-c3ccccc3)nc(-n3c4ccccc4c4c5oc6ccccc6c5c5ccccc5c43)n2)cc1.c1ccc(-c2ccc3oc4cc5c6ccccc6n(-c6nc(-c7ccccc7)c7ccccc7n6)c5cc4c3c2)cc1.c1ccc(-c2nc(-c3ccccc3)nc(-c3cccc(-n4c5ccccc5c5c6oc7ccccc7c6ccc54)c3)n2)cc1. The van der Waals surface area contributed by atoms with E-state index in [0.717, 1.165) is 215 Å². The minimum atomic E-state index is 0.625. The molecule has 0 saturated carbocycles. The quantitative estimate of drug-likeness (QED) is 0.130. The Morgan fingerprint density at radius 3 is 1.30 bits per heavy atom. The monoisotopic (exact) mass is 1640 g/mol. The highest BCUT2D eigenvalue weighted by Gasteiger charge is 2.27. The Balaban J connectivity index is 0.000000104. The van der Waals surface area contributed by atoms with Gasteiger partial charge in [-0.15, -0.1) is 0 Å². The van der Waals surface area contributed by atoms with Crippen molar-refractivity contribution in [2.24, 2.45) is 0 Å². The lowest BCUT2D eigenvalue weighted by Crippen LogP contribution is -2.04. The van der Waals surface area contributed by atoms with Gasteiger partial charge in [-0.3, -0.25) is 9.13 Å². The van der Waals surface area contributed by atoms with Gasteiger partial charge in [-0.1, -0.05) is 334 Å². The van der Waals surface area contributed by atoms with E-state index in [0.29, 0.717) is 29.4 Å². The average Bonchev–Trinajstić information content (AvgIpc) is 1.54. The Morgan fingerprint density at radius 1 is 0.188 bits per heavy atom. The van der Waals surface area contributed by atoms with Gasteiger partial charge in [-0.25, -0.2) is 34.9 Å². The molecule has 0 unspecified atom stereocenters. The van der Waals surface area contributed by atoms with Crippen LogP contribution in [0.25, 0.3) is 250 Å². The van der Waals surface area contributed by atoms with Gasteiger partial charge in [-0.05, 0) is 108 Å². The van der Waals surface area contributed by atoms with E-state index < -0.39 is 0 Å². The Kier molecular flexibility index (Phi) is 17.3. The number of nitrogens with zero attached hydrogens (tertiary/aromatic N) is 10. The first-order valence-electron chi connectivity index (χ1n) is 42.8. The van der Waals surface area contributed by atoms with E-state index in [4.69, 9.17) is 48.1 Å². The molecule has 27 rings (SSSR count). The van der Waals surface area contributed by atoms with Crippen molar-refractivity contribution in [2.45, 2.75) is 0 Å². The number of furan rings is 3. The molecule has 13 nitrogen and oxygen atoms in total. The van der Waals surface area contributed by atoms with Gasteiger partial charge in [0.15, 0.2) is 17.5 Å². The lowest BCUT2D eigenvalue weighted by atomic mass is 9.99. The van der Waals surface area contributed by atoms with E-state index in [-0.39, 0.29) is 0 Å². The predicted octanol–water partition coefficient (Wildman–Crippen LogP) is 29.8. The van der Waals surface area contributed by atoms with Gasteiger partial charge in [0, 0.05) is 104 Å². The van der Waals surface area contributed by atoms with Gasteiger partial charge in [0.1, 0.15) is 33.5 Å². The third-order valence-corrected chi connectivity index (χ3v) is 24.7. The molecule has 0 atom stereocenters. The first kappa shape index (κ1) is 73.2. The molecule has 18 aromatic carbocycles. The number of fused-ring (bicyclic) bond motifs is 24. The van der Waals surface area contributed by atoms with E-state index in [1.54, 1.807) is 0 Å². The maximum Gasteiger partial charge on any atom is 0.235 e. The Morgan fingerprint density at radius 2 is 0.656 bits per heavy atom. The molecule has 0 spiro atoms. The fourth-order valence-electron chi connectivity index (χ4n) is 18.9. The van der Waals surface area contributed by atoms with Crippen LogP contribution in [0, 0.1) is 0 Å². The summed E-state index contributed by atoms with van der Waals surface area (Å²) in [5.41, 5.74) is 24.6. The standard InChI is InChI=1S/C39H24N4O.2C38H23N3O/c1-3-12-25(13-4-1)37-40-38(26-14-5-2-6-15-26)42-39(41-37)27-16-11-17-28(24-27)43-32-20-9-7-19-31(32)35-33(43)23-22-30-29-18-8-10-21-34(29)44-36(30)35;1-3-11-24(12-4-1)26-19-20-35-30(21-26)31-22-34-29(23-36(31)42-35)27-15-8-10-18-33(27)41(34)38-39-32-17-9-7-16-28(32)37(40-38)25-13-5-2-6-14-25;1-3-13-24(14-4-1)30-23-31(25-15-5-2-6-16-25)40-38(39-30)41-32-21-11-9-19-28(32)35-36(41)27-18-8-7-17-26(27)34-29-20-10-12-22-33(29)42-37(34)35/h1-24H;2*1-23H. The minimum absolute atomic E-state index is 0.625. The van der Waals surface area contributed by atoms with E-state index in [9.17, 15) is 0 Å². The number of rotatable bonds is 10. The summed E-state index contributed by atoms with van der Waals surface area (Å²) in [6.07, 6.45) is 0. The van der Waals surface area contributed by atoms with Crippen LogP contribution in [-0.4, -0.2) is 48.6 Å². The molecule has 0 amide bonds. The van der Waals surface area contributed by atoms with Crippen LogP contribution in [0.1, 0.15) is 0 Å². The first-order valence-corrected chi connectivity index (χ1v) is 42.8. The molecule has 0 fully saturated rings. The van der Waals surface area contributed by atoms with E-state index in [2.05, 4.69) is 293 Å². The fraction of sp³-hybridized carbons (Fsp3) is 0. The second-order valence-electron chi connectivity index (χ2n) is 32.1. The first-order chi connectivity index (χ1) is 63.5. The molecule has 0 aliphatic rings. The van der Waals surface area contributed by atoms with Gasteiger partial charge in [0.25, 0.3) is 0 Å². The summed E-state index contributed by atoms with van der Waals surface area (Å²) < 4.78 is 26.3. The highest BCUT2D eigenvalue weighted by atomic mass is 16.3. The zero-order valence-corrected chi connectivity index (χ0v) is 68.6. The molecule has 9 aromatic heterocycles. The molecule has 0 N–H and O–H groups in total. The van der Waals surface area contributed by atoms with Crippen LogP contribution in [0.3, 0.4) is 0 Å². The summed E-state index contributed by atoms with van der Waals surface area (Å²) in [6, 6.07) is 146. The highest BCUT2D eigenvalue weighted by molar-refractivity contribution is 6.35. The molecule has 598 valence electrons. The van der Waals surface area contributed by atoms with Crippen LogP contribution in [-0.2, 0) is 0 Å². The molecular formula is C115H70N10O3. The van der Waals surface area contributed by atoms with Crippen molar-refractivity contribution in [2.75, 3.05) is 0 Å². The zero-order chi connectivity index (χ0) is 84.3. The summed E-state index contributed by atoms with van der Waals surface area (Å²) in [7, 11) is 0. The normalized spacial score (nSPS) is 11.8. The van der Waals surface area contributed by atoms with Crippen molar-refractivity contribution in [1.82, 2.24) is 48.6 Å². The third kappa shape index (κ3) is 12.3. The predicted molar refractivity (Wildman–Crippen MR) is 522 cm³/mol. The van der Waals surface area contributed by atoms with Crippen LogP contribution < -0.4 is 0 Å². The van der Waals surface area contributed by atoms with E-state index in [1.165, 1.54) is 5.56 Å². The topological polar surface area (TPSA) is 144 Å². The van der Waals surface area contributed by atoms with E-state index in [1.807, 2.05) is 146 Å². The van der Waals surface area contributed by atoms with Gasteiger partial charge >= 0.3 is 0 Å². The zero-order valence-electron chi connectivity index (χ0n) is 68.6. The lowest BCUT2D eigenvalue weighted by Gasteiger charge is -2.13. The lowest BCUT2D eigenvalue weighted by molar-refractivity contribution is 0.669. The third-order valence-electron chi connectivity index (χ3n) is 24.7. The van der Waals surface area contributed by atoms with Crippen LogP contribution in [0.5, 0.6) is 0 Å². The van der Waals surface area contributed by atoms with Gasteiger partial charge < -0.3 is 17.8 Å². The van der Waals surface area contributed by atoms with Crippen LogP contribution in [0.4, 0.5) is 0 Å². The number of hydrogen-bond donors (Lipinski definition) is 0. The second kappa shape index (κ2) is 30.2. The molecule has 0 aliphatic heterocycles. The number of benzene rings is 18. The van der Waals surface area contributed by atoms with Gasteiger partial charge in [0.2, 0.25) is 11.9 Å². The summed E-state index contributed by atoms with van der Waals surface area (Å²) in [4.78, 5) is 35.6. The molecule has 27 aromatic rings. The maximum atomic E-state index is 6.66. The number of aromatic nitrogens is 10. The Labute approximate surface area is 731 Å². The summed E-state index contributed by atoms with van der Waals surface area (Å²) in [5.74, 6) is 3.19. The summed E-state index contributed by atoms with van der Waals surface area (Å²) >= 11 is 0. The number of hydrogen-bond acceptors (Lipinski definition) is 10. The van der Waals surface area contributed by atoms with E-state index >= 15 is 0 Å². The van der Waals surface area contributed by atoms with Crippen LogP contribution >= 0.6 is 0 Å². The summed E-state index contributed by atoms with van der Waals surface area (Å²) in [5, 5.41) is 16.7. The second-order valence-corrected chi connectivity index (χ2v) is 32.1. The van der Waals surface area contributed by atoms with Crippen molar-refractivity contribution in [3.8, 4) is 96.6 Å². The minimum Gasteiger partial charge on any atom is -0.456 e. The summed E-state index contributed by atoms with van der Waals surface area (Å²) in [6.45, 7) is 0. The molecule has 128 heavy (non-hydrogen) atoms. The van der Waals surface area contributed by atoms with Crippen molar-refractivity contribution < 1.29 is 13.3 Å². The average molecular weight is 1640 g/mol. The smallest absolute Gasteiger partial charge is 0.235 e. The van der Waals surface area contributed by atoms with Gasteiger partial charge in [-0.2, -0.15) is 0 Å². The maximum absolute atomic E-state index is 6.66. The van der Waals surface area contributed by atoms with Crippen molar-refractivity contribution in [1.29, 1.82) is 0 Å². The van der Waals surface area contributed by atoms with Crippen molar-refractivity contribution in [3.05, 3.63) is 425 Å². The molecule has 9 heterocycles. The molecule has 0 radical (unpaired) electrons. The van der Waals surface area contributed by atoms with Gasteiger partial charge in [0.05, 0.1) is 66.5 Å². The molecule has 0 saturated heterocycles. The number of para-hydroxylation sites is 6. The molecule has 0 bridgehead atoms. The Hall–Kier alpha value is -17.6. The molecule has 0 aliphatic carbocycles. The molecule has 13 heteroatoms. The highest BCUT2D eigenvalue weighted by Crippen LogP contribution is 2.48. The van der Waals surface area contributed by atoms with Crippen LogP contribution in [0.15, 0.2) is 438 Å². The van der Waals surface area contributed by atoms with Crippen molar-refractivity contribution >= 4 is 153 Å². The Bertz CT molecular complexity index is 8960. The van der Waals surface area contributed by atoms with Crippen LogP contribution in [0.2, 0.25) is 0 Å². The van der Waals surface area contributed by atoms with Crippen molar-refractivity contribution in [3.63, 3.8) is 0 Å². The molecular weight excluding hydrogens is 1570 g/mol. The largest absolute Gasteiger partial charge is 0.456 e. The fourth-order valence-corrected chi connectivity index (χ4v) is 18.9.